The maximum Gasteiger partial charge on any atom is 0.333 e. The summed E-state index contributed by atoms with van der Waals surface area (Å²) < 4.78 is 14.6. The van der Waals surface area contributed by atoms with Crippen molar-refractivity contribution < 1.29 is 28.6 Å². The van der Waals surface area contributed by atoms with E-state index < -0.39 is 0 Å². The van der Waals surface area contributed by atoms with Crippen molar-refractivity contribution in [3.63, 3.8) is 0 Å². The van der Waals surface area contributed by atoms with Crippen LogP contribution in [0, 0.1) is 0 Å². The van der Waals surface area contributed by atoms with Crippen molar-refractivity contribution in [2.45, 2.75) is 99.3 Å². The van der Waals surface area contributed by atoms with E-state index in [0.717, 1.165) is 44.9 Å². The fourth-order valence-electron chi connectivity index (χ4n) is 1.89. The highest BCUT2D eigenvalue weighted by molar-refractivity contribution is 5.87. The van der Waals surface area contributed by atoms with Gasteiger partial charge in [-0.15, -0.1) is 0 Å². The lowest BCUT2D eigenvalue weighted by atomic mass is 10.2. The molecule has 6 heteroatoms. The van der Waals surface area contributed by atoms with E-state index in [2.05, 4.69) is 40.5 Å². The number of hydrogen-bond acceptors (Lipinski definition) is 6. The molecular weight excluding hydrogens is 420 g/mol. The van der Waals surface area contributed by atoms with Crippen molar-refractivity contribution in [2.24, 2.45) is 0 Å². The molecule has 0 aliphatic carbocycles. The summed E-state index contributed by atoms with van der Waals surface area (Å²) in [5, 5.41) is 0. The van der Waals surface area contributed by atoms with Crippen molar-refractivity contribution in [3.05, 3.63) is 36.5 Å². The number of unbranched alkanes of at least 4 members (excludes halogenated alkanes) is 6. The van der Waals surface area contributed by atoms with Crippen LogP contribution in [0.15, 0.2) is 36.5 Å². The average molecular weight is 469 g/mol. The molecule has 0 unspecified atom stereocenters. The minimum absolute atomic E-state index is 0.272. The van der Waals surface area contributed by atoms with E-state index in [4.69, 9.17) is 14.2 Å². The van der Waals surface area contributed by atoms with E-state index in [0.29, 0.717) is 36.5 Å². The Morgan fingerprint density at radius 3 is 1.06 bits per heavy atom. The topological polar surface area (TPSA) is 78.9 Å². The number of carbonyl (C=O) groups is 3. The van der Waals surface area contributed by atoms with Gasteiger partial charge in [0.1, 0.15) is 0 Å². The molecule has 0 aliphatic rings. The summed E-state index contributed by atoms with van der Waals surface area (Å²) in [5.74, 6) is -0.832. The summed E-state index contributed by atoms with van der Waals surface area (Å²) in [4.78, 5) is 32.3. The molecule has 33 heavy (non-hydrogen) atoms. The first-order valence-corrected chi connectivity index (χ1v) is 12.0. The van der Waals surface area contributed by atoms with Crippen LogP contribution in [0.25, 0.3) is 0 Å². The summed E-state index contributed by atoms with van der Waals surface area (Å²) in [6.07, 6.45) is 9.71. The molecule has 0 aromatic heterocycles. The molecule has 0 heterocycles. The van der Waals surface area contributed by atoms with E-state index in [9.17, 15) is 14.4 Å². The minimum atomic E-state index is -0.284. The van der Waals surface area contributed by atoms with Crippen LogP contribution in [0.4, 0.5) is 0 Å². The number of rotatable bonds is 15. The summed E-state index contributed by atoms with van der Waals surface area (Å²) in [6.45, 7) is 23.3. The molecule has 0 fully saturated rings. The molecule has 0 aliphatic heterocycles. The molecule has 0 radical (unpaired) electrons. The third kappa shape index (κ3) is 29.6. The third-order valence-corrected chi connectivity index (χ3v) is 3.99. The van der Waals surface area contributed by atoms with Crippen LogP contribution in [-0.2, 0) is 28.6 Å². The lowest BCUT2D eigenvalue weighted by Gasteiger charge is -2.02. The van der Waals surface area contributed by atoms with Gasteiger partial charge in [0.05, 0.1) is 19.8 Å². The molecule has 0 aromatic rings. The second-order valence-corrected chi connectivity index (χ2v) is 7.87. The molecule has 0 atom stereocenters. The standard InChI is InChI=1S/C10H18O2.C9H16O2.C8H14O2/c1-4-5-6-7-8-12-10(11)9(2)3;1-4-5-6-7-11-9(10)8(2)3;1-4-5-6-10-8(9)7(2)3/h2,4-8H2,1,3H3;2,4-7H2,1,3H3;2,4-6H2,1,3H3. The van der Waals surface area contributed by atoms with E-state index in [-0.39, 0.29) is 17.9 Å². The summed E-state index contributed by atoms with van der Waals surface area (Å²) >= 11 is 0. The van der Waals surface area contributed by atoms with Crippen molar-refractivity contribution in [3.8, 4) is 0 Å². The molecule has 0 bridgehead atoms. The Labute approximate surface area is 202 Å². The molecule has 192 valence electrons. The zero-order valence-corrected chi connectivity index (χ0v) is 22.1. The highest BCUT2D eigenvalue weighted by atomic mass is 16.5. The van der Waals surface area contributed by atoms with Crippen LogP contribution < -0.4 is 0 Å². The molecule has 0 N–H and O–H groups in total. The maximum atomic E-state index is 10.9. The fourth-order valence-corrected chi connectivity index (χ4v) is 1.89. The molecule has 0 saturated heterocycles. The van der Waals surface area contributed by atoms with Gasteiger partial charge in [0.2, 0.25) is 0 Å². The minimum Gasteiger partial charge on any atom is -0.462 e. The summed E-state index contributed by atoms with van der Waals surface area (Å²) in [5.41, 5.74) is 1.42. The van der Waals surface area contributed by atoms with Crippen LogP contribution in [0.3, 0.4) is 0 Å². The number of ether oxygens (including phenoxy) is 3. The van der Waals surface area contributed by atoms with Gasteiger partial charge in [-0.05, 0) is 40.0 Å². The van der Waals surface area contributed by atoms with Gasteiger partial charge in [-0.2, -0.15) is 0 Å². The van der Waals surface area contributed by atoms with Crippen LogP contribution in [0.2, 0.25) is 0 Å². The molecule has 0 aromatic carbocycles. The predicted molar refractivity (Wildman–Crippen MR) is 136 cm³/mol. The van der Waals surface area contributed by atoms with E-state index >= 15 is 0 Å². The largest absolute Gasteiger partial charge is 0.462 e. The quantitative estimate of drug-likeness (QED) is 0.113. The third-order valence-electron chi connectivity index (χ3n) is 3.99. The molecule has 0 amide bonds. The monoisotopic (exact) mass is 468 g/mol. The van der Waals surface area contributed by atoms with E-state index in [1.807, 2.05) is 0 Å². The van der Waals surface area contributed by atoms with Crippen LogP contribution in [-0.4, -0.2) is 37.7 Å². The van der Waals surface area contributed by atoms with Gasteiger partial charge in [-0.1, -0.05) is 79.0 Å². The van der Waals surface area contributed by atoms with Gasteiger partial charge in [0.25, 0.3) is 0 Å². The van der Waals surface area contributed by atoms with Gasteiger partial charge in [-0.25, -0.2) is 14.4 Å². The predicted octanol–water partition coefficient (Wildman–Crippen LogP) is 6.89. The van der Waals surface area contributed by atoms with E-state index in [1.54, 1.807) is 20.8 Å². The normalized spacial score (nSPS) is 9.27. The van der Waals surface area contributed by atoms with Gasteiger partial charge in [-0.3, -0.25) is 0 Å². The zero-order chi connectivity index (χ0) is 26.1. The highest BCUT2D eigenvalue weighted by Gasteiger charge is 2.02. The first-order chi connectivity index (χ1) is 15.5. The van der Waals surface area contributed by atoms with Crippen molar-refractivity contribution in [1.29, 1.82) is 0 Å². The SMILES string of the molecule is C=C(C)C(=O)OCCCC.C=C(C)C(=O)OCCCCC.C=C(C)C(=O)OCCCCCC. The smallest absolute Gasteiger partial charge is 0.333 e. The number of carbonyl (C=O) groups excluding carboxylic acids is 3. The molecule has 0 rings (SSSR count). The van der Waals surface area contributed by atoms with Gasteiger partial charge >= 0.3 is 17.9 Å². The first-order valence-electron chi connectivity index (χ1n) is 12.0. The number of esters is 3. The maximum absolute atomic E-state index is 10.9. The Morgan fingerprint density at radius 1 is 0.485 bits per heavy atom. The molecular formula is C27H48O6. The van der Waals surface area contributed by atoms with Crippen LogP contribution in [0.5, 0.6) is 0 Å². The Balaban J connectivity index is -0.000000411. The molecule has 0 saturated carbocycles. The second-order valence-electron chi connectivity index (χ2n) is 7.87. The fraction of sp³-hybridized carbons (Fsp3) is 0.667. The Bertz CT molecular complexity index is 577. The van der Waals surface area contributed by atoms with Crippen LogP contribution >= 0.6 is 0 Å². The lowest BCUT2D eigenvalue weighted by molar-refractivity contribution is -0.139. The lowest BCUT2D eigenvalue weighted by Crippen LogP contribution is -2.05. The Morgan fingerprint density at radius 2 is 0.758 bits per heavy atom. The van der Waals surface area contributed by atoms with E-state index in [1.165, 1.54) is 12.8 Å². The van der Waals surface area contributed by atoms with Gasteiger partial charge in [0, 0.05) is 16.7 Å². The van der Waals surface area contributed by atoms with Gasteiger partial charge in [0.15, 0.2) is 0 Å². The highest BCUT2D eigenvalue weighted by Crippen LogP contribution is 2.00. The van der Waals surface area contributed by atoms with Crippen molar-refractivity contribution in [2.75, 3.05) is 19.8 Å². The average Bonchev–Trinajstić information content (AvgIpc) is 2.77. The first kappa shape index (κ1) is 35.2. The molecule has 6 nitrogen and oxygen atoms in total. The zero-order valence-electron chi connectivity index (χ0n) is 22.1. The Kier molecular flexibility index (Phi) is 27.6. The molecule has 0 spiro atoms. The van der Waals surface area contributed by atoms with Crippen molar-refractivity contribution in [1.82, 2.24) is 0 Å². The summed E-state index contributed by atoms with van der Waals surface area (Å²) in [7, 11) is 0. The van der Waals surface area contributed by atoms with Crippen molar-refractivity contribution >= 4 is 17.9 Å². The summed E-state index contributed by atoms with van der Waals surface area (Å²) in [6, 6.07) is 0. The number of hydrogen-bond donors (Lipinski definition) is 0. The Hall–Kier alpha value is -2.37. The van der Waals surface area contributed by atoms with Crippen LogP contribution in [0.1, 0.15) is 99.3 Å². The second kappa shape index (κ2) is 25.9. The van der Waals surface area contributed by atoms with Gasteiger partial charge < -0.3 is 14.2 Å².